The fraction of sp³-hybridized carbons (Fsp3) is 0.720. The standard InChI is InChI=1S/C25H40N2O4/c1-25(2,3)26-24(31)22-13-12-18-6-4-5-7-21(18)27(22)15-20(29)14-23(30)19-10-8-17(16-28)9-11-19/h8-11,18,20-23,28-30H,4-7,12-16H2,1-3H3,(H,26,31)/t18-,20-,21-,22-,23+/m1/s1. The van der Waals surface area contributed by atoms with Crippen LogP contribution < -0.4 is 5.32 Å². The van der Waals surface area contributed by atoms with Crippen LogP contribution in [0.5, 0.6) is 0 Å². The Kier molecular flexibility index (Phi) is 8.14. The first kappa shape index (κ1) is 24.2. The second kappa shape index (κ2) is 10.4. The van der Waals surface area contributed by atoms with Crippen molar-refractivity contribution in [3.63, 3.8) is 0 Å². The number of fused-ring (bicyclic) bond motifs is 1. The van der Waals surface area contributed by atoms with E-state index in [0.717, 1.165) is 30.4 Å². The average molecular weight is 433 g/mol. The molecule has 0 bridgehead atoms. The van der Waals surface area contributed by atoms with Gasteiger partial charge < -0.3 is 20.6 Å². The first-order chi connectivity index (χ1) is 14.7. The predicted octanol–water partition coefficient (Wildman–Crippen LogP) is 2.90. The number of amides is 1. The summed E-state index contributed by atoms with van der Waals surface area (Å²) in [4.78, 5) is 15.3. The van der Waals surface area contributed by atoms with Crippen LogP contribution in [0.3, 0.4) is 0 Å². The summed E-state index contributed by atoms with van der Waals surface area (Å²) in [5.41, 5.74) is 1.23. The van der Waals surface area contributed by atoms with Gasteiger partial charge in [-0.15, -0.1) is 0 Å². The van der Waals surface area contributed by atoms with Gasteiger partial charge in [0.1, 0.15) is 0 Å². The van der Waals surface area contributed by atoms with Crippen molar-refractivity contribution in [2.75, 3.05) is 6.54 Å². The Labute approximate surface area is 186 Å². The van der Waals surface area contributed by atoms with Gasteiger partial charge in [-0.05, 0) is 63.5 Å². The van der Waals surface area contributed by atoms with Crippen molar-refractivity contribution >= 4 is 5.91 Å². The Morgan fingerprint density at radius 1 is 1.10 bits per heavy atom. The lowest BCUT2D eigenvalue weighted by atomic mass is 9.76. The summed E-state index contributed by atoms with van der Waals surface area (Å²) < 4.78 is 0. The average Bonchev–Trinajstić information content (AvgIpc) is 2.72. The number of β-amino-alcohol motifs (C(OH)–C–C–N with tert-alkyl or cyclic N) is 1. The number of benzene rings is 1. The molecule has 1 aromatic rings. The first-order valence-electron chi connectivity index (χ1n) is 11.8. The number of likely N-dealkylation sites (tertiary alicyclic amines) is 1. The van der Waals surface area contributed by atoms with E-state index in [2.05, 4.69) is 10.2 Å². The van der Waals surface area contributed by atoms with Crippen molar-refractivity contribution in [1.82, 2.24) is 10.2 Å². The number of aliphatic hydroxyl groups excluding tert-OH is 3. The van der Waals surface area contributed by atoms with Gasteiger partial charge in [-0.25, -0.2) is 0 Å². The molecule has 1 aromatic carbocycles. The largest absolute Gasteiger partial charge is 0.392 e. The van der Waals surface area contributed by atoms with Crippen molar-refractivity contribution < 1.29 is 20.1 Å². The fourth-order valence-electron chi connectivity index (χ4n) is 5.28. The van der Waals surface area contributed by atoms with Gasteiger partial charge in [-0.1, -0.05) is 37.1 Å². The molecule has 1 heterocycles. The van der Waals surface area contributed by atoms with E-state index in [0.29, 0.717) is 18.5 Å². The molecule has 1 aliphatic carbocycles. The van der Waals surface area contributed by atoms with Crippen molar-refractivity contribution in [1.29, 1.82) is 0 Å². The summed E-state index contributed by atoms with van der Waals surface area (Å²) in [5, 5.41) is 33.8. The third-order valence-corrected chi connectivity index (χ3v) is 6.77. The zero-order valence-electron chi connectivity index (χ0n) is 19.3. The highest BCUT2D eigenvalue weighted by atomic mass is 16.3. The van der Waals surface area contributed by atoms with Gasteiger partial charge in [-0.3, -0.25) is 9.69 Å². The number of hydrogen-bond donors (Lipinski definition) is 4. The molecule has 1 saturated carbocycles. The summed E-state index contributed by atoms with van der Waals surface area (Å²) in [6, 6.07) is 7.26. The zero-order valence-corrected chi connectivity index (χ0v) is 19.3. The van der Waals surface area contributed by atoms with Crippen LogP contribution in [0, 0.1) is 5.92 Å². The van der Waals surface area contributed by atoms with Gasteiger partial charge >= 0.3 is 0 Å². The molecule has 174 valence electrons. The SMILES string of the molecule is CC(C)(C)NC(=O)[C@H]1CC[C@H]2CCCC[C@H]2N1C[C@H](O)C[C@H](O)c1ccc(CO)cc1. The van der Waals surface area contributed by atoms with E-state index in [1.54, 1.807) is 24.3 Å². The van der Waals surface area contributed by atoms with Gasteiger partial charge in [0.05, 0.1) is 24.9 Å². The first-order valence-corrected chi connectivity index (χ1v) is 11.8. The topological polar surface area (TPSA) is 93.0 Å². The van der Waals surface area contributed by atoms with E-state index >= 15 is 0 Å². The highest BCUT2D eigenvalue weighted by Crippen LogP contribution is 2.38. The number of piperidine rings is 1. The summed E-state index contributed by atoms with van der Waals surface area (Å²) in [6.07, 6.45) is 5.29. The lowest BCUT2D eigenvalue weighted by Crippen LogP contribution is -2.60. The molecule has 1 saturated heterocycles. The maximum atomic E-state index is 13.1. The van der Waals surface area contributed by atoms with Gasteiger partial charge in [0.2, 0.25) is 5.91 Å². The van der Waals surface area contributed by atoms with E-state index in [4.69, 9.17) is 0 Å². The number of carbonyl (C=O) groups is 1. The highest BCUT2D eigenvalue weighted by molar-refractivity contribution is 5.82. The van der Waals surface area contributed by atoms with Crippen LogP contribution in [0.1, 0.15) is 82.9 Å². The molecule has 1 aliphatic heterocycles. The molecular weight excluding hydrogens is 392 g/mol. The molecule has 3 rings (SSSR count). The number of hydrogen-bond acceptors (Lipinski definition) is 5. The fourth-order valence-corrected chi connectivity index (χ4v) is 5.28. The Hall–Kier alpha value is -1.47. The maximum absolute atomic E-state index is 13.1. The molecule has 6 heteroatoms. The zero-order chi connectivity index (χ0) is 22.6. The summed E-state index contributed by atoms with van der Waals surface area (Å²) in [7, 11) is 0. The molecule has 0 aromatic heterocycles. The van der Waals surface area contributed by atoms with E-state index in [1.165, 1.54) is 19.3 Å². The minimum atomic E-state index is -0.781. The quantitative estimate of drug-likeness (QED) is 0.532. The molecular formula is C25H40N2O4. The molecule has 0 unspecified atom stereocenters. The molecule has 1 amide bonds. The molecule has 2 fully saturated rings. The second-order valence-corrected chi connectivity index (χ2v) is 10.4. The van der Waals surface area contributed by atoms with E-state index < -0.39 is 12.2 Å². The Balaban J connectivity index is 1.69. The monoisotopic (exact) mass is 432 g/mol. The second-order valence-electron chi connectivity index (χ2n) is 10.4. The number of nitrogens with one attached hydrogen (secondary N) is 1. The smallest absolute Gasteiger partial charge is 0.237 e. The molecule has 6 nitrogen and oxygen atoms in total. The van der Waals surface area contributed by atoms with Gasteiger partial charge in [0.15, 0.2) is 0 Å². The number of nitrogens with zero attached hydrogens (tertiary/aromatic N) is 1. The Morgan fingerprint density at radius 3 is 2.42 bits per heavy atom. The Morgan fingerprint density at radius 2 is 1.77 bits per heavy atom. The third-order valence-electron chi connectivity index (χ3n) is 6.77. The minimum absolute atomic E-state index is 0.0332. The van der Waals surface area contributed by atoms with Crippen LogP contribution in [-0.4, -0.2) is 56.4 Å². The molecule has 2 aliphatic rings. The molecule has 5 atom stereocenters. The van der Waals surface area contributed by atoms with Crippen LogP contribution in [0.15, 0.2) is 24.3 Å². The van der Waals surface area contributed by atoms with Crippen molar-refractivity contribution in [2.24, 2.45) is 5.92 Å². The van der Waals surface area contributed by atoms with Crippen LogP contribution in [0.4, 0.5) is 0 Å². The molecule has 0 spiro atoms. The minimum Gasteiger partial charge on any atom is -0.392 e. The van der Waals surface area contributed by atoms with Gasteiger partial charge in [0, 0.05) is 24.5 Å². The lowest BCUT2D eigenvalue weighted by Gasteiger charge is -2.49. The summed E-state index contributed by atoms with van der Waals surface area (Å²) >= 11 is 0. The van der Waals surface area contributed by atoms with Crippen molar-refractivity contribution in [2.45, 2.75) is 102 Å². The number of rotatable bonds is 7. The molecule has 31 heavy (non-hydrogen) atoms. The summed E-state index contributed by atoms with van der Waals surface area (Å²) in [5.74, 6) is 0.638. The highest BCUT2D eigenvalue weighted by Gasteiger charge is 2.42. The number of carbonyl (C=O) groups excluding carboxylic acids is 1. The molecule has 4 N–H and O–H groups in total. The van der Waals surface area contributed by atoms with E-state index in [1.807, 2.05) is 20.8 Å². The molecule has 0 radical (unpaired) electrons. The normalized spacial score (nSPS) is 26.7. The van der Waals surface area contributed by atoms with Crippen LogP contribution in [0.25, 0.3) is 0 Å². The van der Waals surface area contributed by atoms with Crippen LogP contribution in [-0.2, 0) is 11.4 Å². The van der Waals surface area contributed by atoms with Crippen molar-refractivity contribution in [3.8, 4) is 0 Å². The summed E-state index contributed by atoms with van der Waals surface area (Å²) in [6.45, 7) is 6.35. The van der Waals surface area contributed by atoms with Crippen LogP contribution >= 0.6 is 0 Å². The van der Waals surface area contributed by atoms with E-state index in [9.17, 15) is 20.1 Å². The van der Waals surface area contributed by atoms with Gasteiger partial charge in [-0.2, -0.15) is 0 Å². The van der Waals surface area contributed by atoms with Crippen LogP contribution in [0.2, 0.25) is 0 Å². The lowest BCUT2D eigenvalue weighted by molar-refractivity contribution is -0.134. The predicted molar refractivity (Wildman–Crippen MR) is 121 cm³/mol. The Bertz CT molecular complexity index is 715. The van der Waals surface area contributed by atoms with Crippen molar-refractivity contribution in [3.05, 3.63) is 35.4 Å². The van der Waals surface area contributed by atoms with Gasteiger partial charge in [0.25, 0.3) is 0 Å². The maximum Gasteiger partial charge on any atom is 0.237 e. The number of aliphatic hydroxyl groups is 3. The third kappa shape index (κ3) is 6.51. The van der Waals surface area contributed by atoms with E-state index in [-0.39, 0.29) is 30.5 Å².